The summed E-state index contributed by atoms with van der Waals surface area (Å²) in [5, 5.41) is 0. The van der Waals surface area contributed by atoms with Gasteiger partial charge in [0.05, 0.1) is 0 Å². The molecule has 2 unspecified atom stereocenters. The Balaban J connectivity index is 2.98. The highest BCUT2D eigenvalue weighted by atomic mass is 19.4. The number of amides is 1. The number of ether oxygens (including phenoxy) is 1. The summed E-state index contributed by atoms with van der Waals surface area (Å²) in [6.07, 6.45) is -6.45. The average molecular weight is 281 g/mol. The van der Waals surface area contributed by atoms with Gasteiger partial charge in [0.15, 0.2) is 0 Å². The quantitative estimate of drug-likeness (QED) is 0.686. The van der Waals surface area contributed by atoms with Crippen LogP contribution in [-0.2, 0) is 9.53 Å². The molecule has 0 N–H and O–H groups in total. The first-order valence-corrected chi connectivity index (χ1v) is 6.01. The molecule has 0 radical (unpaired) electrons. The van der Waals surface area contributed by atoms with Crippen molar-refractivity contribution < 1.29 is 27.5 Å². The molecule has 1 aliphatic rings. The maximum Gasteiger partial charge on any atom is 0.411 e. The number of alkyl halides is 3. The molecule has 1 fully saturated rings. The number of Topliss-reactive ketones (excluding diaryl/α,β-unsaturated/α-hetero) is 1. The van der Waals surface area contributed by atoms with Crippen molar-refractivity contribution in [2.24, 2.45) is 0 Å². The van der Waals surface area contributed by atoms with E-state index in [1.165, 1.54) is 6.92 Å². The van der Waals surface area contributed by atoms with Crippen LogP contribution < -0.4 is 0 Å². The summed E-state index contributed by atoms with van der Waals surface area (Å²) in [6.45, 7) is 6.15. The molecule has 1 amide bonds. The van der Waals surface area contributed by atoms with Gasteiger partial charge in [0.2, 0.25) is 0 Å². The molecule has 1 heterocycles. The monoisotopic (exact) mass is 281 g/mol. The molecule has 1 saturated heterocycles. The second kappa shape index (κ2) is 5.02. The Hall–Kier alpha value is -1.27. The zero-order valence-electron chi connectivity index (χ0n) is 11.4. The molecule has 0 saturated carbocycles. The Labute approximate surface area is 109 Å². The van der Waals surface area contributed by atoms with Crippen LogP contribution in [0.1, 0.15) is 40.5 Å². The lowest BCUT2D eigenvalue weighted by molar-refractivity contribution is -0.194. The highest BCUT2D eigenvalue weighted by molar-refractivity contribution is 5.83. The number of nitrogens with zero attached hydrogens (tertiary/aromatic N) is 1. The van der Waals surface area contributed by atoms with Crippen LogP contribution in [0.25, 0.3) is 0 Å². The molecule has 0 aliphatic carbocycles. The van der Waals surface area contributed by atoms with E-state index in [0.717, 1.165) is 0 Å². The fourth-order valence-corrected chi connectivity index (χ4v) is 2.03. The summed E-state index contributed by atoms with van der Waals surface area (Å²) in [7, 11) is 0. The van der Waals surface area contributed by atoms with Gasteiger partial charge in [-0.3, -0.25) is 9.69 Å². The van der Waals surface area contributed by atoms with Crippen LogP contribution in [0.5, 0.6) is 0 Å². The van der Waals surface area contributed by atoms with Crippen LogP contribution in [-0.4, -0.2) is 40.6 Å². The van der Waals surface area contributed by atoms with E-state index in [4.69, 9.17) is 4.74 Å². The number of halogens is 3. The number of likely N-dealkylation sites (tertiary alicyclic amines) is 1. The zero-order chi connectivity index (χ0) is 15.0. The molecule has 7 heteroatoms. The van der Waals surface area contributed by atoms with Gasteiger partial charge in [-0.15, -0.1) is 0 Å². The highest BCUT2D eigenvalue weighted by Crippen LogP contribution is 2.34. The second-order valence-electron chi connectivity index (χ2n) is 5.74. The number of ketones is 1. The molecule has 0 aromatic carbocycles. The summed E-state index contributed by atoms with van der Waals surface area (Å²) in [5.41, 5.74) is -0.881. The topological polar surface area (TPSA) is 46.6 Å². The van der Waals surface area contributed by atoms with Gasteiger partial charge in [-0.2, -0.15) is 13.2 Å². The van der Waals surface area contributed by atoms with Gasteiger partial charge in [-0.1, -0.05) is 0 Å². The van der Waals surface area contributed by atoms with E-state index < -0.39 is 42.2 Å². The van der Waals surface area contributed by atoms with Gasteiger partial charge >= 0.3 is 12.3 Å². The summed E-state index contributed by atoms with van der Waals surface area (Å²) in [4.78, 5) is 23.8. The Morgan fingerprint density at radius 3 is 2.21 bits per heavy atom. The normalized spacial score (nSPS) is 25.4. The van der Waals surface area contributed by atoms with Crippen molar-refractivity contribution in [2.75, 3.05) is 0 Å². The Morgan fingerprint density at radius 2 is 1.79 bits per heavy atom. The molecule has 110 valence electrons. The molecule has 19 heavy (non-hydrogen) atoms. The first-order valence-electron chi connectivity index (χ1n) is 6.01. The molecule has 0 bridgehead atoms. The van der Waals surface area contributed by atoms with Crippen molar-refractivity contribution in [3.8, 4) is 0 Å². The Morgan fingerprint density at radius 1 is 1.26 bits per heavy atom. The second-order valence-corrected chi connectivity index (χ2v) is 5.74. The van der Waals surface area contributed by atoms with Crippen LogP contribution in [0.2, 0.25) is 0 Å². The third kappa shape index (κ3) is 4.11. The number of piperidine rings is 1. The molecule has 0 aromatic rings. The summed E-state index contributed by atoms with van der Waals surface area (Å²) < 4.78 is 43.8. The predicted octanol–water partition coefficient (Wildman–Crippen LogP) is 2.91. The van der Waals surface area contributed by atoms with Gasteiger partial charge in [0, 0.05) is 18.9 Å². The standard InChI is InChI=1S/C12H18F3NO3/c1-7-5-8(17)6-9(12(13,14)15)16(7)10(18)19-11(2,3)4/h7,9H,5-6H2,1-4H3. The SMILES string of the molecule is CC1CC(=O)CC(C(F)(F)F)N1C(=O)OC(C)(C)C. The molecule has 0 aromatic heterocycles. The van der Waals surface area contributed by atoms with E-state index in [2.05, 4.69) is 0 Å². The third-order valence-corrected chi connectivity index (χ3v) is 2.74. The van der Waals surface area contributed by atoms with Gasteiger partial charge in [-0.25, -0.2) is 4.79 Å². The first-order chi connectivity index (χ1) is 8.42. The number of rotatable bonds is 0. The number of hydrogen-bond donors (Lipinski definition) is 0. The maximum atomic E-state index is 12.9. The minimum absolute atomic E-state index is 0.0776. The molecular weight excluding hydrogens is 263 g/mol. The van der Waals surface area contributed by atoms with Crippen LogP contribution in [0.3, 0.4) is 0 Å². The van der Waals surface area contributed by atoms with Gasteiger partial charge in [0.1, 0.15) is 17.4 Å². The van der Waals surface area contributed by atoms with Crippen LogP contribution >= 0.6 is 0 Å². The van der Waals surface area contributed by atoms with Crippen molar-refractivity contribution in [1.29, 1.82) is 0 Å². The third-order valence-electron chi connectivity index (χ3n) is 2.74. The maximum absolute atomic E-state index is 12.9. The smallest absolute Gasteiger partial charge is 0.411 e. The first kappa shape index (κ1) is 15.8. The van der Waals surface area contributed by atoms with Crippen molar-refractivity contribution in [3.05, 3.63) is 0 Å². The van der Waals surface area contributed by atoms with E-state index in [9.17, 15) is 22.8 Å². The number of carbonyl (C=O) groups is 2. The largest absolute Gasteiger partial charge is 0.444 e. The fraction of sp³-hybridized carbons (Fsp3) is 0.833. The van der Waals surface area contributed by atoms with E-state index >= 15 is 0 Å². The Kier molecular flexibility index (Phi) is 4.17. The summed E-state index contributed by atoms with van der Waals surface area (Å²) in [5.74, 6) is -0.491. The van der Waals surface area contributed by atoms with E-state index in [1.54, 1.807) is 20.8 Å². The fourth-order valence-electron chi connectivity index (χ4n) is 2.03. The van der Waals surface area contributed by atoms with Crippen molar-refractivity contribution in [2.45, 2.75) is 64.4 Å². The molecule has 2 atom stereocenters. The number of carbonyl (C=O) groups excluding carboxylic acids is 2. The lowest BCUT2D eigenvalue weighted by Gasteiger charge is -2.40. The van der Waals surface area contributed by atoms with E-state index in [1.807, 2.05) is 0 Å². The molecule has 4 nitrogen and oxygen atoms in total. The Bertz CT molecular complexity index is 373. The minimum atomic E-state index is -4.64. The summed E-state index contributed by atoms with van der Waals surface area (Å²) >= 11 is 0. The minimum Gasteiger partial charge on any atom is -0.444 e. The lowest BCUT2D eigenvalue weighted by Crippen LogP contribution is -2.58. The van der Waals surface area contributed by atoms with Crippen molar-refractivity contribution in [1.82, 2.24) is 4.90 Å². The number of hydrogen-bond acceptors (Lipinski definition) is 3. The molecule has 1 aliphatic heterocycles. The molecular formula is C12H18F3NO3. The van der Waals surface area contributed by atoms with Crippen LogP contribution in [0, 0.1) is 0 Å². The van der Waals surface area contributed by atoms with Gasteiger partial charge in [0.25, 0.3) is 0 Å². The summed E-state index contributed by atoms with van der Waals surface area (Å²) in [6, 6.07) is -2.92. The average Bonchev–Trinajstić information content (AvgIpc) is 2.11. The predicted molar refractivity (Wildman–Crippen MR) is 61.6 cm³/mol. The molecule has 1 rings (SSSR count). The van der Waals surface area contributed by atoms with Crippen LogP contribution in [0.15, 0.2) is 0 Å². The van der Waals surface area contributed by atoms with E-state index in [0.29, 0.717) is 4.90 Å². The van der Waals surface area contributed by atoms with E-state index in [-0.39, 0.29) is 6.42 Å². The highest BCUT2D eigenvalue weighted by Gasteiger charge is 2.51. The van der Waals surface area contributed by atoms with Gasteiger partial charge in [-0.05, 0) is 27.7 Å². The van der Waals surface area contributed by atoms with Crippen LogP contribution in [0.4, 0.5) is 18.0 Å². The zero-order valence-corrected chi connectivity index (χ0v) is 11.4. The van der Waals surface area contributed by atoms with Crippen molar-refractivity contribution >= 4 is 11.9 Å². The van der Waals surface area contributed by atoms with Gasteiger partial charge < -0.3 is 4.74 Å². The molecule has 0 spiro atoms. The lowest BCUT2D eigenvalue weighted by atomic mass is 9.95. The van der Waals surface area contributed by atoms with Crippen molar-refractivity contribution in [3.63, 3.8) is 0 Å².